The van der Waals surface area contributed by atoms with Crippen LogP contribution in [0.4, 0.5) is 5.69 Å². The number of aliphatic imine (C=N–C) groups is 1. The molecule has 0 aromatic heterocycles. The highest BCUT2D eigenvalue weighted by molar-refractivity contribution is 14.1. The molecule has 114 valence electrons. The van der Waals surface area contributed by atoms with Crippen molar-refractivity contribution < 1.29 is 14.7 Å². The van der Waals surface area contributed by atoms with E-state index >= 15 is 0 Å². The molecule has 0 unspecified atom stereocenters. The number of carboxylic acids is 1. The maximum Gasteiger partial charge on any atom is 0.337 e. The normalized spacial score (nSPS) is 16.1. The van der Waals surface area contributed by atoms with Crippen molar-refractivity contribution in [3.63, 3.8) is 0 Å². The lowest BCUT2D eigenvalue weighted by molar-refractivity contribution is -0.115. The van der Waals surface area contributed by atoms with Gasteiger partial charge in [0.05, 0.1) is 24.2 Å². The van der Waals surface area contributed by atoms with Crippen molar-refractivity contribution in [3.05, 3.63) is 38.4 Å². The summed E-state index contributed by atoms with van der Waals surface area (Å²) in [6.07, 6.45) is 0.205. The number of rotatable bonds is 4. The van der Waals surface area contributed by atoms with Crippen LogP contribution in [0, 0.1) is 3.57 Å². The smallest absolute Gasteiger partial charge is 0.337 e. The Kier molecular flexibility index (Phi) is 4.39. The first-order chi connectivity index (χ1) is 10.5. The van der Waals surface area contributed by atoms with Crippen LogP contribution in [0.5, 0.6) is 0 Å². The number of carbonyl (C=O) groups excluding carboxylic acids is 1. The number of carbonyl (C=O) groups is 2. The highest BCUT2D eigenvalue weighted by Gasteiger charge is 2.27. The summed E-state index contributed by atoms with van der Waals surface area (Å²) in [5.41, 5.74) is 1.32. The molecule has 8 heteroatoms. The number of nitrogens with one attached hydrogen (secondary N) is 1. The van der Waals surface area contributed by atoms with Gasteiger partial charge in [0.15, 0.2) is 5.17 Å². The molecule has 0 spiro atoms. The van der Waals surface area contributed by atoms with Gasteiger partial charge < -0.3 is 15.3 Å². The molecule has 2 N–H and O–H groups in total. The molecule has 1 aromatic carbocycles. The number of fused-ring (bicyclic) bond motifs is 1. The summed E-state index contributed by atoms with van der Waals surface area (Å²) in [5.74, 6) is -1.29. The van der Waals surface area contributed by atoms with Crippen molar-refractivity contribution in [3.8, 4) is 0 Å². The van der Waals surface area contributed by atoms with Gasteiger partial charge in [0.1, 0.15) is 0 Å². The third-order valence-corrected chi connectivity index (χ3v) is 4.90. The van der Waals surface area contributed by atoms with Crippen LogP contribution in [0.3, 0.4) is 0 Å². The van der Waals surface area contributed by atoms with Crippen molar-refractivity contribution in [1.29, 1.82) is 0 Å². The molecule has 2 aliphatic heterocycles. The zero-order valence-corrected chi connectivity index (χ0v) is 14.3. The van der Waals surface area contributed by atoms with Crippen LogP contribution in [-0.2, 0) is 4.79 Å². The van der Waals surface area contributed by atoms with Gasteiger partial charge in [0.2, 0.25) is 5.91 Å². The lowest BCUT2D eigenvalue weighted by Crippen LogP contribution is -2.24. The Balaban J connectivity index is 1.70. The molecule has 2 heterocycles. The van der Waals surface area contributed by atoms with Gasteiger partial charge in [-0.1, -0.05) is 11.8 Å². The van der Waals surface area contributed by atoms with E-state index in [0.29, 0.717) is 5.69 Å². The number of anilines is 1. The maximum atomic E-state index is 12.2. The summed E-state index contributed by atoms with van der Waals surface area (Å²) in [6.45, 7) is 1.55. The lowest BCUT2D eigenvalue weighted by atomic mass is 10.1. The molecule has 1 aromatic rings. The Labute approximate surface area is 144 Å². The monoisotopic (exact) mass is 429 g/mol. The number of amidine groups is 1. The van der Waals surface area contributed by atoms with Crippen molar-refractivity contribution in [2.24, 2.45) is 4.99 Å². The Bertz CT molecular complexity index is 717. The first-order valence-corrected chi connectivity index (χ1v) is 8.51. The van der Waals surface area contributed by atoms with Crippen LogP contribution < -0.4 is 5.32 Å². The molecule has 0 bridgehead atoms. The molecule has 0 radical (unpaired) electrons. The summed E-state index contributed by atoms with van der Waals surface area (Å²) in [5, 5.41) is 14.8. The average Bonchev–Trinajstić information content (AvgIpc) is 3.05. The van der Waals surface area contributed by atoms with Gasteiger partial charge >= 0.3 is 5.97 Å². The fourth-order valence-electron chi connectivity index (χ4n) is 2.28. The second-order valence-electron chi connectivity index (χ2n) is 4.76. The van der Waals surface area contributed by atoms with Crippen LogP contribution in [-0.4, -0.2) is 40.1 Å². The van der Waals surface area contributed by atoms with Crippen LogP contribution in [0.15, 0.2) is 34.3 Å². The molecule has 2 aliphatic rings. The minimum absolute atomic E-state index is 0.0958. The fourth-order valence-corrected chi connectivity index (χ4v) is 3.72. The minimum atomic E-state index is -1.06. The molecule has 6 nitrogen and oxygen atoms in total. The number of nitrogens with zero attached hydrogens (tertiary/aromatic N) is 2. The average molecular weight is 429 g/mol. The van der Waals surface area contributed by atoms with E-state index in [1.54, 1.807) is 12.1 Å². The molecular formula is C14H12IN3O3S. The van der Waals surface area contributed by atoms with E-state index in [-0.39, 0.29) is 17.9 Å². The van der Waals surface area contributed by atoms with Crippen LogP contribution in [0.1, 0.15) is 16.8 Å². The maximum absolute atomic E-state index is 12.2. The van der Waals surface area contributed by atoms with Crippen LogP contribution >= 0.6 is 34.4 Å². The lowest BCUT2D eigenvalue weighted by Gasteiger charge is -2.16. The largest absolute Gasteiger partial charge is 0.478 e. The Morgan fingerprint density at radius 1 is 1.45 bits per heavy atom. The van der Waals surface area contributed by atoms with E-state index in [9.17, 15) is 14.7 Å². The number of hydrogen-bond acceptors (Lipinski definition) is 5. The van der Waals surface area contributed by atoms with Crippen LogP contribution in [0.25, 0.3) is 0 Å². The quantitative estimate of drug-likeness (QED) is 0.720. The number of halogens is 1. The number of benzene rings is 1. The van der Waals surface area contributed by atoms with E-state index in [1.165, 1.54) is 17.8 Å². The summed E-state index contributed by atoms with van der Waals surface area (Å²) in [7, 11) is 0. The molecule has 3 rings (SSSR count). The van der Waals surface area contributed by atoms with Gasteiger partial charge in [0.25, 0.3) is 0 Å². The predicted molar refractivity (Wildman–Crippen MR) is 94.0 cm³/mol. The number of amides is 1. The van der Waals surface area contributed by atoms with E-state index < -0.39 is 5.97 Å². The topological polar surface area (TPSA) is 82.0 Å². The molecule has 0 fully saturated rings. The van der Waals surface area contributed by atoms with Crippen molar-refractivity contribution in [2.45, 2.75) is 6.42 Å². The highest BCUT2D eigenvalue weighted by Crippen LogP contribution is 2.31. The summed E-state index contributed by atoms with van der Waals surface area (Å²) in [6, 6.07) is 4.91. The second-order valence-corrected chi connectivity index (χ2v) is 6.85. The van der Waals surface area contributed by atoms with E-state index in [4.69, 9.17) is 0 Å². The minimum Gasteiger partial charge on any atom is -0.478 e. The zero-order chi connectivity index (χ0) is 15.7. The Morgan fingerprint density at radius 2 is 2.27 bits per heavy atom. The van der Waals surface area contributed by atoms with Crippen molar-refractivity contribution >= 4 is 57.1 Å². The van der Waals surface area contributed by atoms with E-state index in [1.807, 2.05) is 32.9 Å². The molecule has 22 heavy (non-hydrogen) atoms. The SMILES string of the molecule is O=C(CC1=CSC2=NCCN12)Nc1ccc(I)cc1C(=O)O. The molecule has 0 saturated heterocycles. The number of thioether (sulfide) groups is 1. The standard InChI is InChI=1S/C14H12IN3O3S/c15-8-1-2-11(10(5-8)13(20)21)17-12(19)6-9-7-22-14-16-3-4-18(9)14/h1-2,5,7H,3-4,6H2,(H,17,19)(H,20,21). The molecule has 1 amide bonds. The van der Waals surface area contributed by atoms with Crippen LogP contribution in [0.2, 0.25) is 0 Å². The van der Waals surface area contributed by atoms with Gasteiger partial charge in [-0.15, -0.1) is 0 Å². The van der Waals surface area contributed by atoms with Gasteiger partial charge in [-0.3, -0.25) is 9.79 Å². The summed E-state index contributed by atoms with van der Waals surface area (Å²) >= 11 is 3.56. The van der Waals surface area contributed by atoms with Gasteiger partial charge in [-0.25, -0.2) is 4.79 Å². The molecule has 0 saturated carbocycles. The number of aromatic carboxylic acids is 1. The number of hydrogen-bond donors (Lipinski definition) is 2. The first-order valence-electron chi connectivity index (χ1n) is 6.55. The zero-order valence-electron chi connectivity index (χ0n) is 11.4. The van der Waals surface area contributed by atoms with E-state index in [0.717, 1.165) is 27.5 Å². The fraction of sp³-hybridized carbons (Fsp3) is 0.214. The Hall–Kier alpha value is -1.55. The summed E-state index contributed by atoms with van der Waals surface area (Å²) < 4.78 is 0.806. The van der Waals surface area contributed by atoms with Crippen molar-refractivity contribution in [2.75, 3.05) is 18.4 Å². The summed E-state index contributed by atoms with van der Waals surface area (Å²) in [4.78, 5) is 29.8. The molecular weight excluding hydrogens is 417 g/mol. The van der Waals surface area contributed by atoms with E-state index in [2.05, 4.69) is 10.3 Å². The number of carboxylic acid groups (broad SMARTS) is 1. The van der Waals surface area contributed by atoms with Gasteiger partial charge in [-0.2, -0.15) is 0 Å². The molecule has 0 aliphatic carbocycles. The third-order valence-electron chi connectivity index (χ3n) is 3.28. The van der Waals surface area contributed by atoms with Crippen molar-refractivity contribution in [1.82, 2.24) is 4.90 Å². The van der Waals surface area contributed by atoms with Gasteiger partial charge in [0, 0.05) is 15.8 Å². The molecule has 0 atom stereocenters. The highest BCUT2D eigenvalue weighted by atomic mass is 127. The predicted octanol–water partition coefficient (Wildman–Crippen LogP) is 2.58. The second kappa shape index (κ2) is 6.29. The Morgan fingerprint density at radius 3 is 3.05 bits per heavy atom. The van der Waals surface area contributed by atoms with Gasteiger partial charge in [-0.05, 0) is 46.2 Å². The third kappa shape index (κ3) is 3.12. The first kappa shape index (κ1) is 15.3.